The first kappa shape index (κ1) is 21.8. The molecule has 0 aromatic heterocycles. The number of benzene rings is 2. The Balaban J connectivity index is 1.52. The molecule has 0 unspecified atom stereocenters. The van der Waals surface area contributed by atoms with Gasteiger partial charge in [0, 0.05) is 19.2 Å². The van der Waals surface area contributed by atoms with Crippen molar-refractivity contribution in [3.05, 3.63) is 60.2 Å². The van der Waals surface area contributed by atoms with Crippen LogP contribution < -0.4 is 10.1 Å². The van der Waals surface area contributed by atoms with E-state index in [4.69, 9.17) is 9.47 Å². The largest absolute Gasteiger partial charge is 0.492 e. The van der Waals surface area contributed by atoms with E-state index in [0.717, 1.165) is 49.5 Å². The van der Waals surface area contributed by atoms with Crippen LogP contribution in [0.25, 0.3) is 0 Å². The Bertz CT molecular complexity index is 828. The molecule has 30 heavy (non-hydrogen) atoms. The van der Waals surface area contributed by atoms with Crippen molar-refractivity contribution in [3.8, 4) is 5.75 Å². The van der Waals surface area contributed by atoms with Gasteiger partial charge >= 0.3 is 5.97 Å². The number of likely N-dealkylation sites (tertiary alicyclic amines) is 1. The van der Waals surface area contributed by atoms with Crippen LogP contribution >= 0.6 is 0 Å². The van der Waals surface area contributed by atoms with Crippen LogP contribution in [0, 0.1) is 0 Å². The summed E-state index contributed by atoms with van der Waals surface area (Å²) in [6.07, 6.45) is 1.47. The molecule has 1 N–H and O–H groups in total. The molecule has 1 heterocycles. The van der Waals surface area contributed by atoms with Crippen molar-refractivity contribution in [3.63, 3.8) is 0 Å². The molecule has 0 bridgehead atoms. The zero-order valence-electron chi connectivity index (χ0n) is 17.7. The number of piperidine rings is 1. The van der Waals surface area contributed by atoms with E-state index in [0.29, 0.717) is 13.2 Å². The Labute approximate surface area is 178 Å². The van der Waals surface area contributed by atoms with Gasteiger partial charge in [-0.2, -0.15) is 0 Å². The first-order valence-electron chi connectivity index (χ1n) is 10.5. The number of hydrogen-bond acceptors (Lipinski definition) is 5. The van der Waals surface area contributed by atoms with E-state index in [-0.39, 0.29) is 11.9 Å². The highest BCUT2D eigenvalue weighted by Gasteiger charge is 2.44. The van der Waals surface area contributed by atoms with Gasteiger partial charge < -0.3 is 14.8 Å². The smallest absolute Gasteiger partial charge is 0.316 e. The van der Waals surface area contributed by atoms with E-state index in [2.05, 4.69) is 10.2 Å². The van der Waals surface area contributed by atoms with Gasteiger partial charge in [-0.1, -0.05) is 30.3 Å². The van der Waals surface area contributed by atoms with Crippen molar-refractivity contribution < 1.29 is 19.1 Å². The van der Waals surface area contributed by atoms with Crippen LogP contribution in [-0.2, 0) is 19.7 Å². The van der Waals surface area contributed by atoms with E-state index < -0.39 is 5.41 Å². The fraction of sp³-hybridized carbons (Fsp3) is 0.417. The van der Waals surface area contributed by atoms with Gasteiger partial charge in [0.25, 0.3) is 0 Å². The van der Waals surface area contributed by atoms with E-state index in [9.17, 15) is 9.59 Å². The number of anilines is 1. The maximum Gasteiger partial charge on any atom is 0.316 e. The highest BCUT2D eigenvalue weighted by Crippen LogP contribution is 2.36. The van der Waals surface area contributed by atoms with Crippen molar-refractivity contribution >= 4 is 17.6 Å². The topological polar surface area (TPSA) is 67.9 Å². The number of nitrogens with zero attached hydrogens (tertiary/aromatic N) is 1. The second-order valence-electron chi connectivity index (χ2n) is 7.56. The molecule has 2 aromatic carbocycles. The second-order valence-corrected chi connectivity index (χ2v) is 7.56. The Morgan fingerprint density at radius 1 is 1.03 bits per heavy atom. The average molecular weight is 411 g/mol. The third-order valence-corrected chi connectivity index (χ3v) is 5.55. The maximum atomic E-state index is 12.8. The Morgan fingerprint density at radius 3 is 2.30 bits per heavy atom. The molecule has 1 fully saturated rings. The molecule has 0 saturated carbocycles. The van der Waals surface area contributed by atoms with Crippen LogP contribution in [0.4, 0.5) is 5.69 Å². The van der Waals surface area contributed by atoms with Crippen LogP contribution in [0.3, 0.4) is 0 Å². The SMILES string of the molecule is CCOC(=O)C1(c2ccccc2)CCN(CCOc2ccc(NC(C)=O)cc2)CC1. The summed E-state index contributed by atoms with van der Waals surface area (Å²) in [6.45, 7) is 6.73. The minimum Gasteiger partial charge on any atom is -0.492 e. The molecule has 3 rings (SSSR count). The zero-order chi connectivity index (χ0) is 21.4. The molecule has 160 valence electrons. The van der Waals surface area contributed by atoms with Crippen molar-refractivity contribution in [1.82, 2.24) is 4.90 Å². The minimum atomic E-state index is -0.561. The number of carbonyl (C=O) groups is 2. The Morgan fingerprint density at radius 2 is 1.70 bits per heavy atom. The van der Waals surface area contributed by atoms with Crippen LogP contribution in [0.2, 0.25) is 0 Å². The summed E-state index contributed by atoms with van der Waals surface area (Å²) in [5, 5.41) is 2.74. The average Bonchev–Trinajstić information content (AvgIpc) is 2.76. The molecule has 1 amide bonds. The summed E-state index contributed by atoms with van der Waals surface area (Å²) in [4.78, 5) is 26.2. The van der Waals surface area contributed by atoms with Gasteiger partial charge in [-0.3, -0.25) is 14.5 Å². The molecule has 6 heteroatoms. The first-order valence-corrected chi connectivity index (χ1v) is 10.5. The fourth-order valence-electron chi connectivity index (χ4n) is 3.93. The van der Waals surface area contributed by atoms with Gasteiger partial charge in [-0.25, -0.2) is 0 Å². The number of ether oxygens (including phenoxy) is 2. The van der Waals surface area contributed by atoms with E-state index in [1.807, 2.05) is 61.5 Å². The lowest BCUT2D eigenvalue weighted by Crippen LogP contribution is -2.48. The summed E-state index contributed by atoms with van der Waals surface area (Å²) in [5.74, 6) is 0.556. The second kappa shape index (κ2) is 10.3. The monoisotopic (exact) mass is 410 g/mol. The normalized spacial score (nSPS) is 15.9. The molecule has 6 nitrogen and oxygen atoms in total. The zero-order valence-corrected chi connectivity index (χ0v) is 17.7. The first-order chi connectivity index (χ1) is 14.5. The summed E-state index contributed by atoms with van der Waals surface area (Å²) in [6, 6.07) is 17.3. The predicted octanol–water partition coefficient (Wildman–Crippen LogP) is 3.62. The highest BCUT2D eigenvalue weighted by atomic mass is 16.5. The van der Waals surface area contributed by atoms with Crippen molar-refractivity contribution in [2.45, 2.75) is 32.1 Å². The molecule has 1 saturated heterocycles. The maximum absolute atomic E-state index is 12.8. The molecule has 0 radical (unpaired) electrons. The van der Waals surface area contributed by atoms with E-state index >= 15 is 0 Å². The molecule has 2 aromatic rings. The quantitative estimate of drug-likeness (QED) is 0.673. The lowest BCUT2D eigenvalue weighted by molar-refractivity contribution is -0.152. The number of esters is 1. The number of amides is 1. The van der Waals surface area contributed by atoms with Crippen LogP contribution in [0.1, 0.15) is 32.3 Å². The fourth-order valence-corrected chi connectivity index (χ4v) is 3.93. The summed E-state index contributed by atoms with van der Waals surface area (Å²) in [5.41, 5.74) is 1.23. The van der Waals surface area contributed by atoms with Gasteiger partial charge in [0.15, 0.2) is 0 Å². The third kappa shape index (κ3) is 5.39. The van der Waals surface area contributed by atoms with Crippen molar-refractivity contribution in [2.24, 2.45) is 0 Å². The van der Waals surface area contributed by atoms with Gasteiger partial charge in [0.1, 0.15) is 12.4 Å². The minimum absolute atomic E-state index is 0.0943. The lowest BCUT2D eigenvalue weighted by atomic mass is 9.72. The highest BCUT2D eigenvalue weighted by molar-refractivity contribution is 5.88. The third-order valence-electron chi connectivity index (χ3n) is 5.55. The van der Waals surface area contributed by atoms with Gasteiger partial charge in [-0.05, 0) is 62.7 Å². The van der Waals surface area contributed by atoms with Crippen molar-refractivity contribution in [1.29, 1.82) is 0 Å². The molecule has 1 aliphatic heterocycles. The van der Waals surface area contributed by atoms with Crippen LogP contribution in [-0.4, -0.2) is 49.6 Å². The van der Waals surface area contributed by atoms with E-state index in [1.165, 1.54) is 6.92 Å². The summed E-state index contributed by atoms with van der Waals surface area (Å²) >= 11 is 0. The summed E-state index contributed by atoms with van der Waals surface area (Å²) in [7, 11) is 0. The van der Waals surface area contributed by atoms with Crippen molar-refractivity contribution in [2.75, 3.05) is 38.2 Å². The molecule has 0 atom stereocenters. The van der Waals surface area contributed by atoms with E-state index in [1.54, 1.807) is 0 Å². The van der Waals surface area contributed by atoms with Crippen LogP contribution in [0.5, 0.6) is 5.75 Å². The molecular weight excluding hydrogens is 380 g/mol. The number of rotatable bonds is 8. The molecular formula is C24H30N2O4. The number of carbonyl (C=O) groups excluding carboxylic acids is 2. The number of hydrogen-bond donors (Lipinski definition) is 1. The molecule has 0 aliphatic carbocycles. The Kier molecular flexibility index (Phi) is 7.46. The Hall–Kier alpha value is -2.86. The van der Waals surface area contributed by atoms with Crippen LogP contribution in [0.15, 0.2) is 54.6 Å². The predicted molar refractivity (Wildman–Crippen MR) is 117 cm³/mol. The standard InChI is InChI=1S/C24H30N2O4/c1-3-29-23(28)24(20-7-5-4-6-8-20)13-15-26(16-14-24)17-18-30-22-11-9-21(10-12-22)25-19(2)27/h4-12H,3,13-18H2,1-2H3,(H,25,27). The van der Waals surface area contributed by atoms with Gasteiger partial charge in [-0.15, -0.1) is 0 Å². The molecule has 1 aliphatic rings. The number of nitrogens with one attached hydrogen (secondary N) is 1. The lowest BCUT2D eigenvalue weighted by Gasteiger charge is -2.40. The van der Waals surface area contributed by atoms with Gasteiger partial charge in [0.2, 0.25) is 5.91 Å². The summed E-state index contributed by atoms with van der Waals surface area (Å²) < 4.78 is 11.3. The van der Waals surface area contributed by atoms with Gasteiger partial charge in [0.05, 0.1) is 12.0 Å². The molecule has 0 spiro atoms.